The average Bonchev–Trinajstić information content (AvgIpc) is 2.04. The molecule has 2 aromatic heterocycles. The molecule has 2 rings (SSSR count). The van der Waals surface area contributed by atoms with Gasteiger partial charge in [0.1, 0.15) is 0 Å². The van der Waals surface area contributed by atoms with Crippen molar-refractivity contribution >= 4 is 10.9 Å². The van der Waals surface area contributed by atoms with Crippen molar-refractivity contribution in [1.82, 2.24) is 9.97 Å². The Morgan fingerprint density at radius 2 is 2.08 bits per heavy atom. The standard InChI is InChI=1S/C10H10N2/c1-7-6-9-4-3-5-11-10(9)8(2)12-7/h3-6H,1-2H3. The maximum atomic E-state index is 4.34. The van der Waals surface area contributed by atoms with Crippen molar-refractivity contribution in [3.63, 3.8) is 0 Å². The van der Waals surface area contributed by atoms with Gasteiger partial charge in [0.2, 0.25) is 0 Å². The summed E-state index contributed by atoms with van der Waals surface area (Å²) >= 11 is 0. The zero-order valence-corrected chi connectivity index (χ0v) is 7.20. The van der Waals surface area contributed by atoms with Gasteiger partial charge in [0, 0.05) is 17.3 Å². The summed E-state index contributed by atoms with van der Waals surface area (Å²) in [6.45, 7) is 3.99. The molecule has 0 radical (unpaired) electrons. The predicted octanol–water partition coefficient (Wildman–Crippen LogP) is 2.25. The zero-order valence-electron chi connectivity index (χ0n) is 7.20. The van der Waals surface area contributed by atoms with Crippen molar-refractivity contribution in [2.45, 2.75) is 13.8 Å². The minimum absolute atomic E-state index is 1.00. The molecule has 0 aliphatic carbocycles. The normalized spacial score (nSPS) is 10.5. The molecule has 0 bridgehead atoms. The highest BCUT2D eigenvalue weighted by atomic mass is 14.8. The number of aryl methyl sites for hydroxylation is 2. The molecular formula is C10H10N2. The molecule has 0 unspecified atom stereocenters. The van der Waals surface area contributed by atoms with E-state index in [9.17, 15) is 0 Å². The third-order valence-corrected chi connectivity index (χ3v) is 1.89. The van der Waals surface area contributed by atoms with Crippen LogP contribution in [0.5, 0.6) is 0 Å². The Bertz CT molecular complexity index is 421. The summed E-state index contributed by atoms with van der Waals surface area (Å²) in [4.78, 5) is 8.60. The number of hydrogen-bond donors (Lipinski definition) is 0. The van der Waals surface area contributed by atoms with Crippen LogP contribution in [0.1, 0.15) is 11.4 Å². The average molecular weight is 158 g/mol. The van der Waals surface area contributed by atoms with E-state index in [4.69, 9.17) is 0 Å². The zero-order chi connectivity index (χ0) is 8.55. The van der Waals surface area contributed by atoms with Gasteiger partial charge in [0.05, 0.1) is 11.2 Å². The lowest BCUT2D eigenvalue weighted by Gasteiger charge is -2.00. The van der Waals surface area contributed by atoms with Crippen molar-refractivity contribution < 1.29 is 0 Å². The van der Waals surface area contributed by atoms with E-state index >= 15 is 0 Å². The highest BCUT2D eigenvalue weighted by Gasteiger charge is 1.98. The quantitative estimate of drug-likeness (QED) is 0.587. The van der Waals surface area contributed by atoms with E-state index in [1.54, 1.807) is 6.20 Å². The molecule has 60 valence electrons. The predicted molar refractivity (Wildman–Crippen MR) is 49.0 cm³/mol. The minimum Gasteiger partial charge on any atom is -0.256 e. The first-order chi connectivity index (χ1) is 5.77. The van der Waals surface area contributed by atoms with Crippen LogP contribution in [0.2, 0.25) is 0 Å². The Hall–Kier alpha value is -1.44. The highest BCUT2D eigenvalue weighted by Crippen LogP contribution is 2.14. The van der Waals surface area contributed by atoms with Gasteiger partial charge in [-0.1, -0.05) is 6.07 Å². The molecule has 0 aliphatic heterocycles. The third kappa shape index (κ3) is 1.05. The van der Waals surface area contributed by atoms with E-state index in [0.717, 1.165) is 16.9 Å². The third-order valence-electron chi connectivity index (χ3n) is 1.89. The Morgan fingerprint density at radius 1 is 1.25 bits per heavy atom. The maximum absolute atomic E-state index is 4.34. The Labute approximate surface area is 71.3 Å². The highest BCUT2D eigenvalue weighted by molar-refractivity contribution is 5.80. The monoisotopic (exact) mass is 158 g/mol. The molecule has 2 heteroatoms. The Balaban J connectivity index is 2.89. The van der Waals surface area contributed by atoms with E-state index in [1.807, 2.05) is 19.9 Å². The van der Waals surface area contributed by atoms with E-state index in [0.29, 0.717) is 0 Å². The molecule has 0 atom stereocenters. The molecule has 0 amide bonds. The fraction of sp³-hybridized carbons (Fsp3) is 0.200. The van der Waals surface area contributed by atoms with Gasteiger partial charge < -0.3 is 0 Å². The van der Waals surface area contributed by atoms with Gasteiger partial charge in [-0.2, -0.15) is 0 Å². The second kappa shape index (κ2) is 2.55. The van der Waals surface area contributed by atoms with Gasteiger partial charge in [0.25, 0.3) is 0 Å². The lowest BCUT2D eigenvalue weighted by atomic mass is 10.2. The smallest absolute Gasteiger partial charge is 0.0914 e. The Kier molecular flexibility index (Phi) is 1.54. The minimum atomic E-state index is 1.00. The van der Waals surface area contributed by atoms with Gasteiger partial charge in [-0.25, -0.2) is 0 Å². The molecule has 0 fully saturated rings. The molecule has 2 nitrogen and oxygen atoms in total. The van der Waals surface area contributed by atoms with Crippen LogP contribution in [0.25, 0.3) is 10.9 Å². The molecule has 2 aromatic rings. The van der Waals surface area contributed by atoms with Crippen molar-refractivity contribution in [2.24, 2.45) is 0 Å². The maximum Gasteiger partial charge on any atom is 0.0914 e. The van der Waals surface area contributed by atoms with Crippen LogP contribution < -0.4 is 0 Å². The fourth-order valence-corrected chi connectivity index (χ4v) is 1.41. The SMILES string of the molecule is Cc1cc2cccnc2c(C)n1. The van der Waals surface area contributed by atoms with E-state index in [-0.39, 0.29) is 0 Å². The summed E-state index contributed by atoms with van der Waals surface area (Å²) in [6, 6.07) is 6.06. The number of pyridine rings is 2. The first kappa shape index (κ1) is 7.22. The molecule has 0 aliphatic rings. The van der Waals surface area contributed by atoms with Crippen LogP contribution in [0, 0.1) is 13.8 Å². The summed E-state index contributed by atoms with van der Waals surface area (Å²) in [5, 5.41) is 1.17. The topological polar surface area (TPSA) is 25.8 Å². The number of nitrogens with zero attached hydrogens (tertiary/aromatic N) is 2. The molecule has 2 heterocycles. The van der Waals surface area contributed by atoms with E-state index in [2.05, 4.69) is 22.1 Å². The van der Waals surface area contributed by atoms with Gasteiger partial charge in [-0.3, -0.25) is 9.97 Å². The van der Waals surface area contributed by atoms with Gasteiger partial charge in [-0.15, -0.1) is 0 Å². The van der Waals surface area contributed by atoms with Crippen LogP contribution in [0.15, 0.2) is 24.4 Å². The van der Waals surface area contributed by atoms with Crippen molar-refractivity contribution in [3.05, 3.63) is 35.8 Å². The molecule has 0 N–H and O–H groups in total. The largest absolute Gasteiger partial charge is 0.256 e. The van der Waals surface area contributed by atoms with Crippen LogP contribution in [-0.4, -0.2) is 9.97 Å². The van der Waals surface area contributed by atoms with E-state index in [1.165, 1.54) is 5.39 Å². The second-order valence-electron chi connectivity index (χ2n) is 2.92. The van der Waals surface area contributed by atoms with Crippen LogP contribution >= 0.6 is 0 Å². The number of hydrogen-bond acceptors (Lipinski definition) is 2. The summed E-state index contributed by atoms with van der Waals surface area (Å²) in [5.41, 5.74) is 3.06. The van der Waals surface area contributed by atoms with Crippen LogP contribution in [0.3, 0.4) is 0 Å². The molecular weight excluding hydrogens is 148 g/mol. The van der Waals surface area contributed by atoms with Gasteiger partial charge in [-0.05, 0) is 26.0 Å². The lowest BCUT2D eigenvalue weighted by Crippen LogP contribution is -1.89. The molecule has 0 spiro atoms. The first-order valence-corrected chi connectivity index (χ1v) is 3.96. The summed E-state index contributed by atoms with van der Waals surface area (Å²) in [6.07, 6.45) is 1.80. The summed E-state index contributed by atoms with van der Waals surface area (Å²) in [7, 11) is 0. The summed E-state index contributed by atoms with van der Waals surface area (Å²) in [5.74, 6) is 0. The van der Waals surface area contributed by atoms with Gasteiger partial charge in [0.15, 0.2) is 0 Å². The van der Waals surface area contributed by atoms with Gasteiger partial charge >= 0.3 is 0 Å². The second-order valence-corrected chi connectivity index (χ2v) is 2.92. The van der Waals surface area contributed by atoms with Crippen molar-refractivity contribution in [1.29, 1.82) is 0 Å². The van der Waals surface area contributed by atoms with E-state index < -0.39 is 0 Å². The van der Waals surface area contributed by atoms with Crippen molar-refractivity contribution in [2.75, 3.05) is 0 Å². The number of rotatable bonds is 0. The number of fused-ring (bicyclic) bond motifs is 1. The first-order valence-electron chi connectivity index (χ1n) is 3.96. The van der Waals surface area contributed by atoms with Crippen LogP contribution in [0.4, 0.5) is 0 Å². The molecule has 12 heavy (non-hydrogen) atoms. The molecule has 0 saturated carbocycles. The number of aromatic nitrogens is 2. The lowest BCUT2D eigenvalue weighted by molar-refractivity contribution is 1.13. The Morgan fingerprint density at radius 3 is 2.92 bits per heavy atom. The van der Waals surface area contributed by atoms with Crippen LogP contribution in [-0.2, 0) is 0 Å². The van der Waals surface area contributed by atoms with Crippen molar-refractivity contribution in [3.8, 4) is 0 Å². The molecule has 0 aromatic carbocycles. The molecule has 0 saturated heterocycles. The fourth-order valence-electron chi connectivity index (χ4n) is 1.41. The summed E-state index contributed by atoms with van der Waals surface area (Å²) < 4.78 is 0.